The van der Waals surface area contributed by atoms with Gasteiger partial charge in [-0.2, -0.15) is 4.39 Å². The zero-order valence-electron chi connectivity index (χ0n) is 27.0. The number of ether oxygens (including phenoxy) is 1. The summed E-state index contributed by atoms with van der Waals surface area (Å²) in [6, 6.07) is 11.8. The van der Waals surface area contributed by atoms with E-state index in [9.17, 15) is 14.7 Å². The van der Waals surface area contributed by atoms with Gasteiger partial charge in [-0.1, -0.05) is 41.9 Å². The number of carbonyl (C=O) groups excluding carboxylic acids is 1. The van der Waals surface area contributed by atoms with Crippen LogP contribution in [0.15, 0.2) is 42.5 Å². The first-order valence-corrected chi connectivity index (χ1v) is 16.6. The number of hydrogen-bond acceptors (Lipinski definition) is 6. The Kier molecular flexibility index (Phi) is 8.89. The third-order valence-electron chi connectivity index (χ3n) is 9.87. The summed E-state index contributed by atoms with van der Waals surface area (Å²) in [6.45, 7) is 2.02. The van der Waals surface area contributed by atoms with Crippen molar-refractivity contribution in [1.29, 1.82) is 0 Å². The first kappa shape index (κ1) is 33.1. The predicted molar refractivity (Wildman–Crippen MR) is 177 cm³/mol. The number of likely N-dealkylation sites (tertiary alicyclic amines) is 1. The molecule has 0 bridgehead atoms. The molecule has 256 valence electrons. The molecule has 1 aromatic heterocycles. The molecule has 1 amide bonds. The van der Waals surface area contributed by atoms with Crippen LogP contribution < -0.4 is 10.1 Å². The maximum Gasteiger partial charge on any atom is 0.307 e. The van der Waals surface area contributed by atoms with Gasteiger partial charge in [0.05, 0.1) is 22.3 Å². The molecule has 2 N–H and O–H groups in total. The van der Waals surface area contributed by atoms with E-state index in [1.807, 2.05) is 36.9 Å². The van der Waals surface area contributed by atoms with E-state index >= 15 is 13.2 Å². The molecule has 2 aliphatic heterocycles. The van der Waals surface area contributed by atoms with Crippen LogP contribution in [-0.4, -0.2) is 63.0 Å². The van der Waals surface area contributed by atoms with Crippen molar-refractivity contribution in [2.24, 2.45) is 13.0 Å². The van der Waals surface area contributed by atoms with Crippen molar-refractivity contribution in [2.75, 3.05) is 32.0 Å². The number of hydrogen-bond donors (Lipinski definition) is 2. The van der Waals surface area contributed by atoms with E-state index in [0.29, 0.717) is 60.0 Å². The number of aliphatic carboxylic acids is 1. The van der Waals surface area contributed by atoms with Crippen LogP contribution in [0.1, 0.15) is 57.6 Å². The molecule has 0 spiro atoms. The second-order valence-electron chi connectivity index (χ2n) is 13.0. The molecule has 3 aromatic carbocycles. The van der Waals surface area contributed by atoms with E-state index in [1.54, 1.807) is 23.1 Å². The smallest absolute Gasteiger partial charge is 0.307 e. The molecule has 0 radical (unpaired) electrons. The Labute approximate surface area is 286 Å². The lowest BCUT2D eigenvalue weighted by Gasteiger charge is -2.21. The van der Waals surface area contributed by atoms with Crippen LogP contribution >= 0.6 is 11.6 Å². The number of carboxylic acid groups (broad SMARTS) is 1. The van der Waals surface area contributed by atoms with E-state index < -0.39 is 41.2 Å². The van der Waals surface area contributed by atoms with Crippen LogP contribution in [0.3, 0.4) is 0 Å². The summed E-state index contributed by atoms with van der Waals surface area (Å²) in [7, 11) is 3.85. The highest BCUT2D eigenvalue weighted by molar-refractivity contribution is 6.36. The minimum absolute atomic E-state index is 0.110. The number of imidazole rings is 1. The van der Waals surface area contributed by atoms with Crippen molar-refractivity contribution in [1.82, 2.24) is 19.4 Å². The number of nitrogens with zero attached hydrogens (tertiary/aromatic N) is 4. The average molecular weight is 694 g/mol. The first-order valence-electron chi connectivity index (χ1n) is 16.2. The Balaban J connectivity index is 1.11. The van der Waals surface area contributed by atoms with Crippen LogP contribution in [0.4, 0.5) is 18.9 Å². The van der Waals surface area contributed by atoms with Gasteiger partial charge in [0.25, 0.3) is 5.91 Å². The number of aromatic nitrogens is 2. The minimum Gasteiger partial charge on any atom is -0.481 e. The lowest BCUT2D eigenvalue weighted by atomic mass is 9.96. The number of amides is 1. The standard InChI is InChI=1S/C36H35ClF3N5O4/c1-43-13-12-28-27(18-43)41-34(44(28)2)35(46)42-26-8-4-7-24(30(26)37)21-5-3-6-23-22(21)9-10-29(23)49-33-25(38)15-20(31(39)32(33)40)17-45-14-11-19(16-45)36(47)48/h3-8,15,19,29H,9-14,16-18H2,1-2H3,(H,42,46)(H,47,48). The molecule has 1 saturated heterocycles. The third kappa shape index (κ3) is 6.17. The molecule has 13 heteroatoms. The number of carbonyl (C=O) groups is 2. The Morgan fingerprint density at radius 3 is 2.59 bits per heavy atom. The van der Waals surface area contributed by atoms with E-state index in [0.717, 1.165) is 41.5 Å². The van der Waals surface area contributed by atoms with Gasteiger partial charge in [-0.15, -0.1) is 0 Å². The van der Waals surface area contributed by atoms with E-state index in [4.69, 9.17) is 16.3 Å². The van der Waals surface area contributed by atoms with Gasteiger partial charge in [-0.25, -0.2) is 13.8 Å². The molecule has 1 aliphatic carbocycles. The van der Waals surface area contributed by atoms with Gasteiger partial charge >= 0.3 is 5.97 Å². The van der Waals surface area contributed by atoms with E-state index in [2.05, 4.69) is 15.2 Å². The zero-order chi connectivity index (χ0) is 34.6. The molecule has 1 fully saturated rings. The van der Waals surface area contributed by atoms with Crippen molar-refractivity contribution in [3.63, 3.8) is 0 Å². The molecule has 4 aromatic rings. The topological polar surface area (TPSA) is 99.9 Å². The summed E-state index contributed by atoms with van der Waals surface area (Å²) in [4.78, 5) is 33.1. The van der Waals surface area contributed by atoms with E-state index in [-0.39, 0.29) is 24.6 Å². The molecule has 7 rings (SSSR count). The van der Waals surface area contributed by atoms with Crippen LogP contribution in [-0.2, 0) is 37.8 Å². The second kappa shape index (κ2) is 13.1. The summed E-state index contributed by atoms with van der Waals surface area (Å²) < 4.78 is 53.4. The number of anilines is 1. The lowest BCUT2D eigenvalue weighted by molar-refractivity contribution is -0.141. The SMILES string of the molecule is CN1CCc2c(nc(C(=O)Nc3cccc(-c4cccc5c4CCC5Oc4c(F)cc(CN5CCC(C(=O)O)C5)c(F)c4F)c3Cl)n2C)C1. The minimum atomic E-state index is -1.42. The largest absolute Gasteiger partial charge is 0.481 e. The first-order chi connectivity index (χ1) is 23.5. The predicted octanol–water partition coefficient (Wildman–Crippen LogP) is 6.37. The number of nitrogens with one attached hydrogen (secondary N) is 1. The van der Waals surface area contributed by atoms with Crippen LogP contribution in [0, 0.1) is 23.4 Å². The van der Waals surface area contributed by atoms with Gasteiger partial charge in [0.15, 0.2) is 23.2 Å². The molecule has 49 heavy (non-hydrogen) atoms. The van der Waals surface area contributed by atoms with E-state index in [1.165, 1.54) is 0 Å². The summed E-state index contributed by atoms with van der Waals surface area (Å²) in [6.07, 6.45) is 1.36. The highest BCUT2D eigenvalue weighted by atomic mass is 35.5. The maximum atomic E-state index is 15.3. The molecular formula is C36H35ClF3N5O4. The quantitative estimate of drug-likeness (QED) is 0.207. The van der Waals surface area contributed by atoms with Gasteiger partial charge in [-0.05, 0) is 61.7 Å². The third-order valence-corrected chi connectivity index (χ3v) is 10.3. The normalized spacial score (nSPS) is 19.1. The molecule has 3 heterocycles. The fourth-order valence-electron chi connectivity index (χ4n) is 7.28. The van der Waals surface area contributed by atoms with Crippen molar-refractivity contribution in [2.45, 2.75) is 44.9 Å². The summed E-state index contributed by atoms with van der Waals surface area (Å²) in [5, 5.41) is 12.5. The Morgan fingerprint density at radius 1 is 1.04 bits per heavy atom. The number of rotatable bonds is 8. The molecule has 0 saturated carbocycles. The van der Waals surface area contributed by atoms with Gasteiger partial charge in [-0.3, -0.25) is 14.5 Å². The summed E-state index contributed by atoms with van der Waals surface area (Å²) in [5.41, 5.74) is 5.16. The van der Waals surface area contributed by atoms with Crippen molar-refractivity contribution in [3.8, 4) is 16.9 Å². The van der Waals surface area contributed by atoms with Crippen LogP contribution in [0.5, 0.6) is 5.75 Å². The second-order valence-corrected chi connectivity index (χ2v) is 13.4. The fraction of sp³-hybridized carbons (Fsp3) is 0.361. The number of likely N-dealkylation sites (N-methyl/N-ethyl adjacent to an activating group) is 1. The molecule has 2 unspecified atom stereocenters. The fourth-order valence-corrected chi connectivity index (χ4v) is 7.55. The number of halogens is 4. The van der Waals surface area contributed by atoms with Gasteiger partial charge in [0.1, 0.15) is 6.10 Å². The van der Waals surface area contributed by atoms with Crippen molar-refractivity contribution >= 4 is 29.2 Å². The number of fused-ring (bicyclic) bond motifs is 2. The van der Waals surface area contributed by atoms with Gasteiger partial charge in [0, 0.05) is 56.5 Å². The van der Waals surface area contributed by atoms with Gasteiger partial charge < -0.3 is 24.6 Å². The summed E-state index contributed by atoms with van der Waals surface area (Å²) >= 11 is 6.91. The lowest BCUT2D eigenvalue weighted by Crippen LogP contribution is -2.27. The van der Waals surface area contributed by atoms with Gasteiger partial charge in [0.2, 0.25) is 5.82 Å². The highest BCUT2D eigenvalue weighted by Gasteiger charge is 2.33. The number of benzene rings is 3. The molecule has 3 aliphatic rings. The molecular weight excluding hydrogens is 659 g/mol. The molecule has 9 nitrogen and oxygen atoms in total. The van der Waals surface area contributed by atoms with Crippen LogP contribution in [0.2, 0.25) is 5.02 Å². The Hall–Kier alpha value is -4.39. The monoisotopic (exact) mass is 693 g/mol. The van der Waals surface area contributed by atoms with Crippen molar-refractivity contribution < 1.29 is 32.6 Å². The summed E-state index contributed by atoms with van der Waals surface area (Å²) in [5.74, 6) is -6.07. The van der Waals surface area contributed by atoms with Crippen LogP contribution in [0.25, 0.3) is 11.1 Å². The highest BCUT2D eigenvalue weighted by Crippen LogP contribution is 2.44. The average Bonchev–Trinajstić information content (AvgIpc) is 3.80. The Bertz CT molecular complexity index is 1980. The number of carboxylic acids is 1. The molecule has 2 atom stereocenters. The zero-order valence-corrected chi connectivity index (χ0v) is 27.8. The Morgan fingerprint density at radius 2 is 1.82 bits per heavy atom. The maximum absolute atomic E-state index is 15.3. The van der Waals surface area contributed by atoms with Crippen molar-refractivity contribution in [3.05, 3.63) is 98.8 Å².